The fourth-order valence-electron chi connectivity index (χ4n) is 3.33. The van der Waals surface area contributed by atoms with Gasteiger partial charge < -0.3 is 9.47 Å². The molecule has 2 nitrogen and oxygen atoms in total. The van der Waals surface area contributed by atoms with Gasteiger partial charge in [-0.05, 0) is 38.5 Å². The van der Waals surface area contributed by atoms with Crippen LogP contribution >= 0.6 is 0 Å². The van der Waals surface area contributed by atoms with Crippen LogP contribution in [0.2, 0.25) is 0 Å². The lowest BCUT2D eigenvalue weighted by atomic mass is 9.75. The van der Waals surface area contributed by atoms with Crippen molar-refractivity contribution in [3.8, 4) is 0 Å². The second-order valence-electron chi connectivity index (χ2n) is 6.35. The second kappa shape index (κ2) is 5.71. The molecule has 2 heteroatoms. The van der Waals surface area contributed by atoms with Crippen LogP contribution in [0.5, 0.6) is 0 Å². The molecule has 0 amide bonds. The summed E-state index contributed by atoms with van der Waals surface area (Å²) < 4.78 is 11.6. The maximum absolute atomic E-state index is 5.78. The first-order chi connectivity index (χ1) is 8.11. The molecule has 2 aliphatic rings. The molecule has 2 rings (SSSR count). The van der Waals surface area contributed by atoms with Crippen molar-refractivity contribution in [1.29, 1.82) is 0 Å². The molecular weight excluding hydrogens is 212 g/mol. The number of rotatable bonds is 3. The molecule has 0 aromatic rings. The van der Waals surface area contributed by atoms with Crippen LogP contribution in [0.3, 0.4) is 0 Å². The zero-order valence-electron chi connectivity index (χ0n) is 11.7. The average molecular weight is 240 g/mol. The van der Waals surface area contributed by atoms with Gasteiger partial charge in [0.05, 0.1) is 13.2 Å². The first-order valence-electron chi connectivity index (χ1n) is 7.38. The van der Waals surface area contributed by atoms with Crippen LogP contribution in [0.15, 0.2) is 0 Å². The van der Waals surface area contributed by atoms with Crippen molar-refractivity contribution in [3.05, 3.63) is 0 Å². The maximum atomic E-state index is 5.78. The maximum Gasteiger partial charge on any atom is 0.162 e. The third-order valence-corrected chi connectivity index (χ3v) is 4.55. The Bertz CT molecular complexity index is 219. The molecule has 1 aliphatic carbocycles. The summed E-state index contributed by atoms with van der Waals surface area (Å²) in [5, 5.41) is 0. The van der Waals surface area contributed by atoms with Gasteiger partial charge in [-0.15, -0.1) is 0 Å². The van der Waals surface area contributed by atoms with E-state index in [9.17, 15) is 0 Å². The molecule has 1 aliphatic heterocycles. The van der Waals surface area contributed by atoms with Crippen molar-refractivity contribution in [1.82, 2.24) is 0 Å². The van der Waals surface area contributed by atoms with Crippen LogP contribution in [0.1, 0.15) is 59.3 Å². The minimum atomic E-state index is -0.351. The molecule has 0 N–H and O–H groups in total. The van der Waals surface area contributed by atoms with Gasteiger partial charge in [0.2, 0.25) is 0 Å². The summed E-state index contributed by atoms with van der Waals surface area (Å²) in [6.45, 7) is 8.13. The van der Waals surface area contributed by atoms with E-state index >= 15 is 0 Å². The van der Waals surface area contributed by atoms with E-state index in [1.165, 1.54) is 38.5 Å². The van der Waals surface area contributed by atoms with Gasteiger partial charge in [0.15, 0.2) is 5.79 Å². The van der Waals surface area contributed by atoms with Crippen molar-refractivity contribution in [2.75, 3.05) is 13.2 Å². The van der Waals surface area contributed by atoms with E-state index in [1.54, 1.807) is 0 Å². The third-order valence-electron chi connectivity index (χ3n) is 4.55. The van der Waals surface area contributed by atoms with Gasteiger partial charge in [-0.3, -0.25) is 0 Å². The normalized spacial score (nSPS) is 34.8. The smallest absolute Gasteiger partial charge is 0.162 e. The highest BCUT2D eigenvalue weighted by atomic mass is 16.7. The van der Waals surface area contributed by atoms with Crippen LogP contribution in [-0.4, -0.2) is 19.0 Å². The van der Waals surface area contributed by atoms with Crippen molar-refractivity contribution in [2.45, 2.75) is 65.1 Å². The summed E-state index contributed by atoms with van der Waals surface area (Å²) in [7, 11) is 0. The van der Waals surface area contributed by atoms with Crippen LogP contribution in [0, 0.1) is 17.8 Å². The largest absolute Gasteiger partial charge is 0.350 e. The Hall–Kier alpha value is -0.0800. The molecule has 0 radical (unpaired) electrons. The summed E-state index contributed by atoms with van der Waals surface area (Å²) in [5.74, 6) is 2.14. The first kappa shape index (κ1) is 13.4. The SMILES string of the molecule is CCCC1CCC(C2COC(C)(C)OC2)CC1. The first-order valence-corrected chi connectivity index (χ1v) is 7.38. The summed E-state index contributed by atoms with van der Waals surface area (Å²) >= 11 is 0. The fourth-order valence-corrected chi connectivity index (χ4v) is 3.33. The van der Waals surface area contributed by atoms with E-state index in [1.807, 2.05) is 13.8 Å². The molecule has 0 atom stereocenters. The lowest BCUT2D eigenvalue weighted by molar-refractivity contribution is -0.269. The molecule has 100 valence electrons. The van der Waals surface area contributed by atoms with Gasteiger partial charge in [0.1, 0.15) is 0 Å². The van der Waals surface area contributed by atoms with E-state index < -0.39 is 0 Å². The van der Waals surface area contributed by atoms with Crippen molar-refractivity contribution in [3.63, 3.8) is 0 Å². The summed E-state index contributed by atoms with van der Waals surface area (Å²) in [5.41, 5.74) is 0. The Balaban J connectivity index is 1.74. The predicted molar refractivity (Wildman–Crippen MR) is 69.8 cm³/mol. The second-order valence-corrected chi connectivity index (χ2v) is 6.35. The number of ether oxygens (including phenoxy) is 2. The van der Waals surface area contributed by atoms with Gasteiger partial charge in [0, 0.05) is 5.92 Å². The Morgan fingerprint density at radius 3 is 2.06 bits per heavy atom. The summed E-state index contributed by atoms with van der Waals surface area (Å²) in [6.07, 6.45) is 8.42. The standard InChI is InChI=1S/C15H28O2/c1-4-5-12-6-8-13(9-7-12)14-10-16-15(2,3)17-11-14/h12-14H,4-11H2,1-3H3. The quantitative estimate of drug-likeness (QED) is 0.742. The van der Waals surface area contributed by atoms with E-state index in [2.05, 4.69) is 6.92 Å². The lowest BCUT2D eigenvalue weighted by Gasteiger charge is -2.40. The van der Waals surface area contributed by atoms with Gasteiger partial charge in [0.25, 0.3) is 0 Å². The van der Waals surface area contributed by atoms with E-state index in [-0.39, 0.29) is 5.79 Å². The topological polar surface area (TPSA) is 18.5 Å². The Labute approximate surface area is 106 Å². The van der Waals surface area contributed by atoms with E-state index in [0.717, 1.165) is 25.0 Å². The fraction of sp³-hybridized carbons (Fsp3) is 1.00. The molecule has 0 aromatic carbocycles. The highest BCUT2D eigenvalue weighted by Crippen LogP contribution is 2.37. The summed E-state index contributed by atoms with van der Waals surface area (Å²) in [4.78, 5) is 0. The number of hydrogen-bond donors (Lipinski definition) is 0. The van der Waals surface area contributed by atoms with Crippen molar-refractivity contribution < 1.29 is 9.47 Å². The molecule has 1 heterocycles. The van der Waals surface area contributed by atoms with Gasteiger partial charge in [-0.1, -0.05) is 32.6 Å². The Kier molecular flexibility index (Phi) is 4.48. The van der Waals surface area contributed by atoms with Crippen LogP contribution in [-0.2, 0) is 9.47 Å². The molecule has 1 saturated carbocycles. The molecule has 0 spiro atoms. The van der Waals surface area contributed by atoms with Gasteiger partial charge in [-0.25, -0.2) is 0 Å². The predicted octanol–water partition coefficient (Wildman–Crippen LogP) is 3.99. The average Bonchev–Trinajstić information content (AvgIpc) is 2.31. The Morgan fingerprint density at radius 2 is 1.53 bits per heavy atom. The minimum absolute atomic E-state index is 0.351. The third kappa shape index (κ3) is 3.69. The molecule has 0 unspecified atom stereocenters. The van der Waals surface area contributed by atoms with E-state index in [0.29, 0.717) is 5.92 Å². The number of hydrogen-bond acceptors (Lipinski definition) is 2. The lowest BCUT2D eigenvalue weighted by Crippen LogP contribution is -2.42. The molecular formula is C15H28O2. The highest BCUT2D eigenvalue weighted by molar-refractivity contribution is 4.80. The van der Waals surface area contributed by atoms with Gasteiger partial charge in [-0.2, -0.15) is 0 Å². The highest BCUT2D eigenvalue weighted by Gasteiger charge is 2.34. The monoisotopic (exact) mass is 240 g/mol. The molecule has 2 fully saturated rings. The van der Waals surface area contributed by atoms with Crippen molar-refractivity contribution >= 4 is 0 Å². The van der Waals surface area contributed by atoms with Crippen molar-refractivity contribution in [2.24, 2.45) is 17.8 Å². The Morgan fingerprint density at radius 1 is 0.941 bits per heavy atom. The summed E-state index contributed by atoms with van der Waals surface area (Å²) in [6, 6.07) is 0. The zero-order valence-corrected chi connectivity index (χ0v) is 11.7. The minimum Gasteiger partial charge on any atom is -0.350 e. The van der Waals surface area contributed by atoms with Gasteiger partial charge >= 0.3 is 0 Å². The van der Waals surface area contributed by atoms with E-state index in [4.69, 9.17) is 9.47 Å². The van der Waals surface area contributed by atoms with Crippen LogP contribution < -0.4 is 0 Å². The zero-order chi connectivity index (χ0) is 12.3. The van der Waals surface area contributed by atoms with Crippen LogP contribution in [0.4, 0.5) is 0 Å². The molecule has 1 saturated heterocycles. The molecule has 0 bridgehead atoms. The molecule has 17 heavy (non-hydrogen) atoms. The van der Waals surface area contributed by atoms with Crippen LogP contribution in [0.25, 0.3) is 0 Å². The molecule has 0 aromatic heterocycles.